The Balaban J connectivity index is 1.45. The van der Waals surface area contributed by atoms with Gasteiger partial charge in [0.25, 0.3) is 23.6 Å². The smallest absolute Gasteiger partial charge is 0.411 e. The molecule has 51 heavy (non-hydrogen) atoms. The zero-order valence-corrected chi connectivity index (χ0v) is 29.3. The first-order chi connectivity index (χ1) is 23.5. The summed E-state index contributed by atoms with van der Waals surface area (Å²) in [6.07, 6.45) is -12.2. The lowest BCUT2D eigenvalue weighted by Gasteiger charge is -2.38. The molecule has 2 heterocycles. The zero-order chi connectivity index (χ0) is 37.6. The van der Waals surface area contributed by atoms with Crippen LogP contribution in [0.3, 0.4) is 0 Å². The predicted octanol–water partition coefficient (Wildman–Crippen LogP) is 5.51. The van der Waals surface area contributed by atoms with Gasteiger partial charge in [0.05, 0.1) is 33.6 Å². The number of rotatable bonds is 6. The largest absolute Gasteiger partial charge is 0.428 e. The van der Waals surface area contributed by atoms with Crippen molar-refractivity contribution in [3.8, 4) is 0 Å². The fourth-order valence-electron chi connectivity index (χ4n) is 6.44. The number of fused-ring (bicyclic) bond motifs is 2. The average Bonchev–Trinajstić information content (AvgIpc) is 3.42. The van der Waals surface area contributed by atoms with E-state index in [-0.39, 0.29) is 11.4 Å². The van der Waals surface area contributed by atoms with E-state index in [2.05, 4.69) is 0 Å². The Bertz CT molecular complexity index is 1980. The Kier molecular flexibility index (Phi) is 8.14. The third-order valence-corrected chi connectivity index (χ3v) is 12.6. The van der Waals surface area contributed by atoms with Crippen LogP contribution in [0.2, 0.25) is 26.2 Å². The third-order valence-electron chi connectivity index (χ3n) is 9.15. The molecule has 2 aliphatic rings. The van der Waals surface area contributed by atoms with Crippen molar-refractivity contribution >= 4 is 62.0 Å². The number of alkyl halides is 6. The van der Waals surface area contributed by atoms with Gasteiger partial charge in [0.1, 0.15) is 0 Å². The summed E-state index contributed by atoms with van der Waals surface area (Å²) in [5, 5.41) is 1.10. The molecule has 4 aromatic carbocycles. The van der Waals surface area contributed by atoms with Crippen molar-refractivity contribution in [1.29, 1.82) is 0 Å². The van der Waals surface area contributed by atoms with Crippen molar-refractivity contribution in [3.05, 3.63) is 118 Å². The average molecular weight is 743 g/mol. The van der Waals surface area contributed by atoms with Crippen LogP contribution in [0.1, 0.15) is 52.6 Å². The maximum Gasteiger partial charge on any atom is 0.411 e. The number of amides is 4. The Labute approximate surface area is 288 Å². The quantitative estimate of drug-likeness (QED) is 0.153. The number of imide groups is 2. The fourth-order valence-corrected chi connectivity index (χ4v) is 8.40. The highest BCUT2D eigenvalue weighted by molar-refractivity contribution is 6.83. The topological polar surface area (TPSA) is 115 Å². The van der Waals surface area contributed by atoms with Gasteiger partial charge in [-0.25, -0.2) is 9.80 Å². The maximum atomic E-state index is 15.2. The SMILES string of the molecule is C[Si](C)(O)c1ccc(N2C(=O)c3ccc(C(c4ccc5c(c4)C(=O)N(c4ccc([Si](C)(C)O)cc4)C5=O)(C(F)(F)F)C(F)(F)F)cc3C2=O)cc1. The second-order valence-electron chi connectivity index (χ2n) is 13.4. The number of halogens is 6. The Morgan fingerprint density at radius 1 is 0.471 bits per heavy atom. The minimum atomic E-state index is -6.11. The van der Waals surface area contributed by atoms with Crippen LogP contribution in [0.5, 0.6) is 0 Å². The zero-order valence-electron chi connectivity index (χ0n) is 27.3. The first-order valence-corrected chi connectivity index (χ1v) is 21.3. The standard InChI is InChI=1S/C35H28F6N2O6Si2/c1-50(2,48)23-11-7-21(8-12-23)42-29(44)25-15-5-19(17-27(25)31(42)46)33(34(36,37)38,35(39,40)41)20-6-16-26-28(18-20)32(47)43(30(26)45)22-9-13-24(14-10-22)51(3,4)49/h5-18,48-49H,1-4H3. The summed E-state index contributed by atoms with van der Waals surface area (Å²) in [4.78, 5) is 75.5. The van der Waals surface area contributed by atoms with Crippen LogP contribution >= 0.6 is 0 Å². The molecule has 16 heteroatoms. The van der Waals surface area contributed by atoms with Gasteiger partial charge in [-0.05, 0) is 96.2 Å². The Morgan fingerprint density at radius 3 is 1.04 bits per heavy atom. The molecule has 6 rings (SSSR count). The number of hydrogen-bond acceptors (Lipinski definition) is 6. The van der Waals surface area contributed by atoms with E-state index in [0.29, 0.717) is 44.4 Å². The molecule has 0 spiro atoms. The number of benzene rings is 4. The number of hydrogen-bond donors (Lipinski definition) is 2. The molecule has 0 radical (unpaired) electrons. The van der Waals surface area contributed by atoms with Gasteiger partial charge in [-0.1, -0.05) is 36.4 Å². The summed E-state index contributed by atoms with van der Waals surface area (Å²) in [6.45, 7) is 6.51. The van der Waals surface area contributed by atoms with Crippen LogP contribution < -0.4 is 20.2 Å². The van der Waals surface area contributed by atoms with Crippen molar-refractivity contribution in [1.82, 2.24) is 0 Å². The second-order valence-corrected chi connectivity index (χ2v) is 20.8. The minimum Gasteiger partial charge on any atom is -0.428 e. The molecule has 0 bridgehead atoms. The van der Waals surface area contributed by atoms with Crippen molar-refractivity contribution in [2.45, 2.75) is 44.0 Å². The van der Waals surface area contributed by atoms with Gasteiger partial charge in [0.15, 0.2) is 0 Å². The van der Waals surface area contributed by atoms with Crippen LogP contribution in [0.4, 0.5) is 37.7 Å². The van der Waals surface area contributed by atoms with E-state index in [1.54, 1.807) is 26.2 Å². The van der Waals surface area contributed by atoms with E-state index in [1.807, 2.05) is 0 Å². The van der Waals surface area contributed by atoms with E-state index < -0.39 is 91.4 Å². The molecule has 0 atom stereocenters. The molecule has 264 valence electrons. The lowest BCUT2D eigenvalue weighted by atomic mass is 9.71. The summed E-state index contributed by atoms with van der Waals surface area (Å²) in [7, 11) is -5.57. The van der Waals surface area contributed by atoms with E-state index in [9.17, 15) is 28.8 Å². The molecule has 0 aliphatic carbocycles. The number of carbonyl (C=O) groups is 4. The predicted molar refractivity (Wildman–Crippen MR) is 180 cm³/mol. The molecule has 2 aliphatic heterocycles. The third kappa shape index (κ3) is 5.53. The number of nitrogens with zero attached hydrogens (tertiary/aromatic N) is 2. The summed E-state index contributed by atoms with van der Waals surface area (Å²) in [6, 6.07) is 14.4. The highest BCUT2D eigenvalue weighted by Crippen LogP contribution is 2.57. The summed E-state index contributed by atoms with van der Waals surface area (Å²) in [5.74, 6) is -4.27. The molecule has 2 N–H and O–H groups in total. The van der Waals surface area contributed by atoms with Gasteiger partial charge in [0, 0.05) is 0 Å². The molecule has 0 aromatic heterocycles. The molecular formula is C35H28F6N2O6Si2. The van der Waals surface area contributed by atoms with Crippen molar-refractivity contribution in [2.24, 2.45) is 0 Å². The van der Waals surface area contributed by atoms with Crippen molar-refractivity contribution in [3.63, 3.8) is 0 Å². The molecule has 0 saturated heterocycles. The van der Waals surface area contributed by atoms with E-state index in [1.165, 1.54) is 48.5 Å². The van der Waals surface area contributed by atoms with Crippen LogP contribution in [0, 0.1) is 0 Å². The van der Waals surface area contributed by atoms with Crippen LogP contribution in [-0.2, 0) is 5.41 Å². The molecule has 0 saturated carbocycles. The summed E-state index contributed by atoms with van der Waals surface area (Å²) < 4.78 is 91.0. The molecule has 0 unspecified atom stereocenters. The first-order valence-electron chi connectivity index (χ1n) is 15.4. The van der Waals surface area contributed by atoms with E-state index >= 15 is 26.3 Å². The molecule has 8 nitrogen and oxygen atoms in total. The Hall–Kier alpha value is -4.91. The van der Waals surface area contributed by atoms with Crippen molar-refractivity contribution < 1.29 is 55.1 Å². The van der Waals surface area contributed by atoms with E-state index in [4.69, 9.17) is 0 Å². The van der Waals surface area contributed by atoms with E-state index in [0.717, 1.165) is 12.1 Å². The van der Waals surface area contributed by atoms with Gasteiger partial charge >= 0.3 is 12.4 Å². The lowest BCUT2D eigenvalue weighted by molar-refractivity contribution is -0.288. The van der Waals surface area contributed by atoms with Gasteiger partial charge < -0.3 is 9.59 Å². The van der Waals surface area contributed by atoms with Crippen molar-refractivity contribution in [2.75, 3.05) is 9.80 Å². The molecular weight excluding hydrogens is 715 g/mol. The fraction of sp³-hybridized carbons (Fsp3) is 0.200. The van der Waals surface area contributed by atoms with Gasteiger partial charge in [-0.2, -0.15) is 26.3 Å². The lowest BCUT2D eigenvalue weighted by Crippen LogP contribution is -2.55. The van der Waals surface area contributed by atoms with Crippen LogP contribution in [0.25, 0.3) is 0 Å². The number of anilines is 2. The number of carbonyl (C=O) groups excluding carboxylic acids is 4. The first kappa shape index (κ1) is 35.9. The molecule has 0 fully saturated rings. The van der Waals surface area contributed by atoms with Gasteiger partial charge in [-0.15, -0.1) is 0 Å². The highest BCUT2D eigenvalue weighted by Gasteiger charge is 2.73. The second kappa shape index (κ2) is 11.6. The maximum absolute atomic E-state index is 15.2. The Morgan fingerprint density at radius 2 is 0.765 bits per heavy atom. The van der Waals surface area contributed by atoms with Gasteiger partial charge in [-0.3, -0.25) is 19.2 Å². The van der Waals surface area contributed by atoms with Gasteiger partial charge in [0.2, 0.25) is 22.0 Å². The minimum absolute atomic E-state index is 0.00852. The monoisotopic (exact) mass is 742 g/mol. The highest BCUT2D eigenvalue weighted by atomic mass is 28.4. The summed E-state index contributed by atoms with van der Waals surface area (Å²) in [5.41, 5.74) is -9.95. The summed E-state index contributed by atoms with van der Waals surface area (Å²) >= 11 is 0. The van der Waals surface area contributed by atoms with Crippen LogP contribution in [0.15, 0.2) is 84.9 Å². The molecule has 4 aromatic rings. The molecule has 4 amide bonds. The van der Waals surface area contributed by atoms with Crippen LogP contribution in [-0.4, -0.2) is 62.2 Å². The normalized spacial score (nSPS) is 15.5.